The maximum Gasteiger partial charge on any atom is 0.230 e. The van der Waals surface area contributed by atoms with Crippen LogP contribution in [0.4, 0.5) is 5.82 Å². The van der Waals surface area contributed by atoms with Crippen molar-refractivity contribution in [2.24, 2.45) is 5.92 Å². The molecule has 2 unspecified atom stereocenters. The number of Topliss-reactive ketones (excluding diaryl/α,β-unsaturated/α-hetero) is 1. The second-order valence-electron chi connectivity index (χ2n) is 7.34. The maximum absolute atomic E-state index is 13.7. The van der Waals surface area contributed by atoms with E-state index in [2.05, 4.69) is 10.3 Å². The fraction of sp³-hybridized carbons (Fsp3) is 0.208. The van der Waals surface area contributed by atoms with Crippen molar-refractivity contribution in [2.75, 3.05) is 19.5 Å². The number of amides is 1. The van der Waals surface area contributed by atoms with Crippen molar-refractivity contribution < 1.29 is 19.1 Å². The van der Waals surface area contributed by atoms with Gasteiger partial charge in [0, 0.05) is 16.8 Å². The molecule has 7 heteroatoms. The number of benzene rings is 2. The topological polar surface area (TPSA) is 77.5 Å². The van der Waals surface area contributed by atoms with Gasteiger partial charge >= 0.3 is 0 Å². The SMILES string of the molecule is COc1ccc(C(=O)C2(c3ccccc3)CC2C(=O)Nc2cc(Cl)ccn2)cc1OC. The van der Waals surface area contributed by atoms with Crippen LogP contribution in [-0.4, -0.2) is 30.9 Å². The van der Waals surface area contributed by atoms with Gasteiger partial charge in [0.1, 0.15) is 5.82 Å². The van der Waals surface area contributed by atoms with Crippen molar-refractivity contribution in [3.63, 3.8) is 0 Å². The van der Waals surface area contributed by atoms with E-state index < -0.39 is 11.3 Å². The summed E-state index contributed by atoms with van der Waals surface area (Å²) in [5, 5.41) is 3.25. The van der Waals surface area contributed by atoms with E-state index in [1.165, 1.54) is 20.4 Å². The number of carbonyl (C=O) groups excluding carboxylic acids is 2. The number of ketones is 1. The van der Waals surface area contributed by atoms with Gasteiger partial charge in [-0.15, -0.1) is 0 Å². The van der Waals surface area contributed by atoms with E-state index >= 15 is 0 Å². The molecule has 3 aromatic rings. The normalized spacial score (nSPS) is 19.4. The summed E-state index contributed by atoms with van der Waals surface area (Å²) >= 11 is 5.99. The second kappa shape index (κ2) is 8.40. The molecule has 6 nitrogen and oxygen atoms in total. The Morgan fingerprint density at radius 1 is 1.03 bits per heavy atom. The van der Waals surface area contributed by atoms with Gasteiger partial charge in [-0.3, -0.25) is 9.59 Å². The average molecular weight is 437 g/mol. The highest BCUT2D eigenvalue weighted by Crippen LogP contribution is 2.57. The molecule has 31 heavy (non-hydrogen) atoms. The van der Waals surface area contributed by atoms with Gasteiger partial charge in [0.2, 0.25) is 5.91 Å². The second-order valence-corrected chi connectivity index (χ2v) is 7.78. The molecule has 0 aliphatic heterocycles. The molecule has 1 saturated carbocycles. The molecule has 2 aromatic carbocycles. The Bertz CT molecular complexity index is 1140. The Labute approximate surface area is 185 Å². The number of carbonyl (C=O) groups is 2. The number of ether oxygens (including phenoxy) is 2. The quantitative estimate of drug-likeness (QED) is 0.550. The number of nitrogens with zero attached hydrogens (tertiary/aromatic N) is 1. The molecule has 0 saturated heterocycles. The molecule has 1 aliphatic carbocycles. The van der Waals surface area contributed by atoms with Gasteiger partial charge in [-0.05, 0) is 42.3 Å². The number of methoxy groups -OCH3 is 2. The first-order chi connectivity index (χ1) is 15.0. The zero-order valence-electron chi connectivity index (χ0n) is 17.1. The summed E-state index contributed by atoms with van der Waals surface area (Å²) in [7, 11) is 3.06. The summed E-state index contributed by atoms with van der Waals surface area (Å²) in [6.07, 6.45) is 1.92. The van der Waals surface area contributed by atoms with Crippen molar-refractivity contribution in [2.45, 2.75) is 11.8 Å². The number of halogens is 1. The van der Waals surface area contributed by atoms with Gasteiger partial charge in [0.05, 0.1) is 25.6 Å². The van der Waals surface area contributed by atoms with Gasteiger partial charge in [0.15, 0.2) is 17.3 Å². The number of hydrogen-bond acceptors (Lipinski definition) is 5. The zero-order chi connectivity index (χ0) is 22.0. The molecule has 1 N–H and O–H groups in total. The Morgan fingerprint density at radius 3 is 2.45 bits per heavy atom. The Balaban J connectivity index is 1.68. The molecule has 0 spiro atoms. The molecule has 4 rings (SSSR count). The third kappa shape index (κ3) is 3.86. The van der Waals surface area contributed by atoms with E-state index in [-0.39, 0.29) is 11.7 Å². The summed E-state index contributed by atoms with van der Waals surface area (Å²) in [6.45, 7) is 0. The Kier molecular flexibility index (Phi) is 5.65. The smallest absolute Gasteiger partial charge is 0.230 e. The first-order valence-electron chi connectivity index (χ1n) is 9.74. The van der Waals surface area contributed by atoms with Crippen LogP contribution in [0.15, 0.2) is 66.9 Å². The fourth-order valence-electron chi connectivity index (χ4n) is 3.94. The highest BCUT2D eigenvalue weighted by Gasteiger charge is 2.64. The Hall–Kier alpha value is -3.38. The maximum atomic E-state index is 13.7. The van der Waals surface area contributed by atoms with Crippen LogP contribution in [0, 0.1) is 5.92 Å². The van der Waals surface area contributed by atoms with E-state index in [1.54, 1.807) is 30.3 Å². The van der Waals surface area contributed by atoms with Crippen LogP contribution in [0.25, 0.3) is 0 Å². The van der Waals surface area contributed by atoms with Gasteiger partial charge in [0.25, 0.3) is 0 Å². The van der Waals surface area contributed by atoms with Crippen LogP contribution in [0.2, 0.25) is 5.02 Å². The lowest BCUT2D eigenvalue weighted by molar-refractivity contribution is -0.117. The van der Waals surface area contributed by atoms with Crippen LogP contribution in [0.3, 0.4) is 0 Å². The summed E-state index contributed by atoms with van der Waals surface area (Å²) in [6, 6.07) is 17.6. The number of nitrogens with one attached hydrogen (secondary N) is 1. The largest absolute Gasteiger partial charge is 0.493 e. The lowest BCUT2D eigenvalue weighted by atomic mass is 9.85. The minimum atomic E-state index is -0.955. The monoisotopic (exact) mass is 436 g/mol. The molecular weight excluding hydrogens is 416 g/mol. The molecule has 0 bridgehead atoms. The predicted octanol–water partition coefficient (Wildman–Crippen LogP) is 4.53. The molecule has 1 heterocycles. The fourth-order valence-corrected chi connectivity index (χ4v) is 4.10. The van der Waals surface area contributed by atoms with Crippen molar-refractivity contribution >= 4 is 29.1 Å². The average Bonchev–Trinajstić information content (AvgIpc) is 3.56. The van der Waals surface area contributed by atoms with Gasteiger partial charge in [-0.25, -0.2) is 4.98 Å². The number of aromatic nitrogens is 1. The lowest BCUT2D eigenvalue weighted by Gasteiger charge is -2.18. The van der Waals surface area contributed by atoms with Crippen molar-refractivity contribution in [3.8, 4) is 11.5 Å². The highest BCUT2D eigenvalue weighted by molar-refractivity contribution is 6.30. The van der Waals surface area contributed by atoms with Crippen molar-refractivity contribution in [3.05, 3.63) is 83.0 Å². The van der Waals surface area contributed by atoms with Gasteiger partial charge in [-0.1, -0.05) is 41.9 Å². The minimum absolute atomic E-state index is 0.140. The van der Waals surface area contributed by atoms with E-state index in [4.69, 9.17) is 21.1 Å². The van der Waals surface area contributed by atoms with Crippen LogP contribution >= 0.6 is 11.6 Å². The summed E-state index contributed by atoms with van der Waals surface area (Å²) in [4.78, 5) is 30.9. The summed E-state index contributed by atoms with van der Waals surface area (Å²) in [5.74, 6) is 0.402. The third-order valence-corrected chi connectivity index (χ3v) is 5.83. The molecule has 1 aromatic heterocycles. The van der Waals surface area contributed by atoms with Gasteiger partial charge in [-0.2, -0.15) is 0 Å². The first kappa shape index (κ1) is 20.9. The Morgan fingerprint density at radius 2 is 1.77 bits per heavy atom. The van der Waals surface area contributed by atoms with Crippen LogP contribution in [-0.2, 0) is 10.2 Å². The molecule has 2 atom stereocenters. The summed E-state index contributed by atoms with van der Waals surface area (Å²) < 4.78 is 10.6. The van der Waals surface area contributed by atoms with E-state index in [0.29, 0.717) is 34.3 Å². The number of pyridine rings is 1. The van der Waals surface area contributed by atoms with E-state index in [9.17, 15) is 9.59 Å². The van der Waals surface area contributed by atoms with E-state index in [0.717, 1.165) is 5.56 Å². The predicted molar refractivity (Wildman–Crippen MR) is 118 cm³/mol. The van der Waals surface area contributed by atoms with Crippen LogP contribution in [0.1, 0.15) is 22.3 Å². The highest BCUT2D eigenvalue weighted by atomic mass is 35.5. The molecule has 158 valence electrons. The molecule has 0 radical (unpaired) electrons. The zero-order valence-corrected chi connectivity index (χ0v) is 17.8. The number of anilines is 1. The standard InChI is InChI=1S/C24H21ClN2O4/c1-30-19-9-8-15(12-20(19)31-2)22(28)24(16-6-4-3-5-7-16)14-18(24)23(29)27-21-13-17(25)10-11-26-21/h3-13,18H,14H2,1-2H3,(H,26,27,29). The molecule has 1 aliphatic rings. The van der Waals surface area contributed by atoms with Crippen LogP contribution in [0.5, 0.6) is 11.5 Å². The van der Waals surface area contributed by atoms with E-state index in [1.807, 2.05) is 30.3 Å². The van der Waals surface area contributed by atoms with Gasteiger partial charge < -0.3 is 14.8 Å². The number of rotatable bonds is 7. The van der Waals surface area contributed by atoms with Crippen LogP contribution < -0.4 is 14.8 Å². The first-order valence-corrected chi connectivity index (χ1v) is 10.1. The molecule has 1 amide bonds. The molecular formula is C24H21ClN2O4. The third-order valence-electron chi connectivity index (χ3n) is 5.59. The molecule has 1 fully saturated rings. The summed E-state index contributed by atoms with van der Waals surface area (Å²) in [5.41, 5.74) is 0.301. The van der Waals surface area contributed by atoms with Crippen molar-refractivity contribution in [1.29, 1.82) is 0 Å². The lowest BCUT2D eigenvalue weighted by Crippen LogP contribution is -2.28. The minimum Gasteiger partial charge on any atom is -0.493 e. The van der Waals surface area contributed by atoms with Crippen molar-refractivity contribution in [1.82, 2.24) is 4.98 Å². The number of hydrogen-bond donors (Lipinski definition) is 1.